The summed E-state index contributed by atoms with van der Waals surface area (Å²) in [5.41, 5.74) is 22.2. The van der Waals surface area contributed by atoms with Crippen molar-refractivity contribution >= 4 is 118 Å². The van der Waals surface area contributed by atoms with Crippen molar-refractivity contribution in [2.24, 2.45) is 70.3 Å². The molecule has 1 heterocycles. The first-order valence-electron chi connectivity index (χ1n) is 43.7. The van der Waals surface area contributed by atoms with E-state index >= 15 is 9.59 Å². The van der Waals surface area contributed by atoms with Gasteiger partial charge in [-0.2, -0.15) is 0 Å². The van der Waals surface area contributed by atoms with E-state index in [-0.39, 0.29) is 68.6 Å². The van der Waals surface area contributed by atoms with Crippen LogP contribution in [0.5, 0.6) is 0 Å². The van der Waals surface area contributed by atoms with Crippen LogP contribution in [-0.4, -0.2) is 226 Å². The number of aliphatic hydroxyl groups is 1. The van der Waals surface area contributed by atoms with Crippen LogP contribution in [0.3, 0.4) is 0 Å². The Hall–Kier alpha value is -10.6. The van der Waals surface area contributed by atoms with Gasteiger partial charge in [0.25, 0.3) is 0 Å². The predicted octanol–water partition coefficient (Wildman–Crippen LogP) is -1.04. The van der Waals surface area contributed by atoms with E-state index in [0.29, 0.717) is 12.8 Å². The first-order valence-corrected chi connectivity index (χ1v) is 43.7. The van der Waals surface area contributed by atoms with E-state index < -0.39 is 303 Å². The van der Waals surface area contributed by atoms with Crippen molar-refractivity contribution in [3.8, 4) is 0 Å². The van der Waals surface area contributed by atoms with Crippen LogP contribution >= 0.6 is 0 Å². The number of cyclic esters (lactones) is 1. The van der Waals surface area contributed by atoms with Gasteiger partial charge in [0, 0.05) is 32.1 Å². The molecule has 0 bridgehead atoms. The molecule has 1 fully saturated rings. The Balaban J connectivity index is 4.23. The molecule has 1 saturated heterocycles. The van der Waals surface area contributed by atoms with Gasteiger partial charge in [-0.3, -0.25) is 91.1 Å². The number of ether oxygens (including phenoxy) is 1. The number of carboxylic acid groups (broad SMARTS) is 1. The van der Waals surface area contributed by atoms with E-state index in [9.17, 15) is 96.5 Å². The lowest BCUT2D eigenvalue weighted by Crippen LogP contribution is -2.62. The van der Waals surface area contributed by atoms with Crippen LogP contribution in [0.15, 0.2) is 0 Å². The topological polar surface area (TPSA) is 664 Å². The van der Waals surface area contributed by atoms with Crippen molar-refractivity contribution in [1.82, 2.24) is 74.4 Å². The zero-order valence-corrected chi connectivity index (χ0v) is 76.0. The average molecular weight is 1780 g/mol. The summed E-state index contributed by atoms with van der Waals surface area (Å²) in [4.78, 5) is 280. The van der Waals surface area contributed by atoms with Gasteiger partial charge < -0.3 is 112 Å². The number of aliphatic carboxylic acids is 1. The van der Waals surface area contributed by atoms with Crippen molar-refractivity contribution < 1.29 is 111 Å². The fraction of sp³-hybridized carbons (Fsp3) is 0.762. The zero-order chi connectivity index (χ0) is 95.4. The van der Waals surface area contributed by atoms with Crippen LogP contribution in [-0.2, 0) is 101 Å². The first-order chi connectivity index (χ1) is 58.3. The van der Waals surface area contributed by atoms with Gasteiger partial charge in [0.1, 0.15) is 91.2 Å². The van der Waals surface area contributed by atoms with Crippen LogP contribution in [0.4, 0.5) is 0 Å². The van der Waals surface area contributed by atoms with Crippen molar-refractivity contribution in [3.05, 3.63) is 0 Å². The van der Waals surface area contributed by atoms with Crippen LogP contribution in [0.2, 0.25) is 0 Å². The highest BCUT2D eigenvalue weighted by molar-refractivity contribution is 6.01. The standard InChI is InChI=1S/C84H146N18O23/c1-18-20-21-22-23-24-50(103)40-66(108)89-56(35-42(3)4)76(116)94-55(29-34-67(109)110)71(111)90-53(27-32-64(87)106)74(114)100-68(47(13)14)82(122)97-59(38-45(9)10)79(119)92-52(26-31-63(86)105)73(113)99-61-41-125-84(124)70(49(17)19-2)102-75(115)54(28-33-65(88)107)93-77(117)57(36-43(5)6)95-72(112)51(25-30-62(85)104)91-78(118)58(37-44(7)8)96-80(120)60(39-46(11)12)98-83(123)69(48(15)16)101-81(61)121/h42-61,68-70,103H,18-41H2,1-17H3,(H2,85,104)(H2,86,105)(H2,87,106)(H2,88,107)(H,89,108)(H,90,111)(H,91,118)(H,92,119)(H,93,117)(H,94,116)(H,95,112)(H,96,120)(H,97,122)(H,98,123)(H,99,113)(H,100,114)(H,101,121)(H,102,115)(H,109,110). The lowest BCUT2D eigenvalue weighted by Gasteiger charge is -2.30. The van der Waals surface area contributed by atoms with E-state index in [0.717, 1.165) is 25.7 Å². The van der Waals surface area contributed by atoms with Gasteiger partial charge in [-0.05, 0) is 118 Å². The maximum atomic E-state index is 15.1. The van der Waals surface area contributed by atoms with Gasteiger partial charge in [0.05, 0.1) is 12.5 Å². The molecule has 710 valence electrons. The smallest absolute Gasteiger partial charge is 0.329 e. The highest BCUT2D eigenvalue weighted by atomic mass is 16.5. The number of carbonyl (C=O) groups excluding carboxylic acids is 19. The van der Waals surface area contributed by atoms with Crippen LogP contribution in [0.1, 0.15) is 265 Å². The highest BCUT2D eigenvalue weighted by Gasteiger charge is 2.42. The summed E-state index contributed by atoms with van der Waals surface area (Å²) < 4.78 is 5.79. The number of amides is 18. The first kappa shape index (κ1) is 112. The minimum absolute atomic E-state index is 0.0351. The van der Waals surface area contributed by atoms with E-state index in [1.165, 1.54) is 34.6 Å². The Morgan fingerprint density at radius 1 is 0.400 bits per heavy atom. The monoisotopic (exact) mass is 1780 g/mol. The van der Waals surface area contributed by atoms with Gasteiger partial charge in [0.15, 0.2) is 0 Å². The second kappa shape index (κ2) is 57.8. The van der Waals surface area contributed by atoms with Gasteiger partial charge in [-0.15, -0.1) is 0 Å². The Bertz CT molecular complexity index is 3630. The fourth-order valence-corrected chi connectivity index (χ4v) is 13.5. The minimum atomic E-state index is -2.10. The molecular formula is C84H146N18O23. The molecule has 0 aromatic rings. The van der Waals surface area contributed by atoms with Crippen LogP contribution < -0.4 is 97.4 Å². The predicted molar refractivity (Wildman–Crippen MR) is 459 cm³/mol. The molecule has 0 spiro atoms. The SMILES string of the molecule is CCCCCCCC(O)CC(=O)NC(CC(C)C)C(=O)NC(CCC(=O)O)C(=O)NC(CCC(N)=O)C(=O)NC(C(=O)NC(CC(C)C)C(=O)NC(CCC(N)=O)C(=O)NC1COC(=O)C(C(C)CC)NC(=O)C(CCC(N)=O)NC(=O)C(CC(C)C)NC(=O)C(CCC(N)=O)NC(=O)C(CC(C)C)NC(=O)C(CC(C)C)NC(=O)C(C(C)C)NC1=O)C(C)C. The second-order valence-corrected chi connectivity index (χ2v) is 35.4. The van der Waals surface area contributed by atoms with E-state index in [4.69, 9.17) is 27.7 Å². The molecular weight excluding hydrogens is 1630 g/mol. The minimum Gasteiger partial charge on any atom is -0.481 e. The second-order valence-electron chi connectivity index (χ2n) is 35.4. The molecule has 0 aromatic carbocycles. The normalized spacial score (nSPS) is 20.6. The number of nitrogens with one attached hydrogen (secondary N) is 14. The Labute approximate surface area is 733 Å². The number of unbranched alkanes of at least 4 members (excludes halogenated alkanes) is 4. The molecule has 0 radical (unpaired) electrons. The number of rotatable bonds is 50. The summed E-state index contributed by atoms with van der Waals surface area (Å²) >= 11 is 0. The lowest BCUT2D eigenvalue weighted by molar-refractivity contribution is -0.152. The Kier molecular flexibility index (Phi) is 52.0. The summed E-state index contributed by atoms with van der Waals surface area (Å²) in [6.07, 6.45) is -2.30. The number of esters is 1. The molecule has 1 aliphatic heterocycles. The summed E-state index contributed by atoms with van der Waals surface area (Å²) in [6.45, 7) is 27.2. The fourth-order valence-electron chi connectivity index (χ4n) is 13.5. The number of hydrogen-bond acceptors (Lipinski definition) is 22. The molecule has 0 aliphatic carbocycles. The Morgan fingerprint density at radius 3 is 1.17 bits per heavy atom. The third-order valence-electron chi connectivity index (χ3n) is 20.6. The summed E-state index contributed by atoms with van der Waals surface area (Å²) in [5.74, 6) is -25.1. The van der Waals surface area contributed by atoms with E-state index in [1.54, 1.807) is 76.2 Å². The average Bonchev–Trinajstić information content (AvgIpc) is 1.13. The van der Waals surface area contributed by atoms with Gasteiger partial charge >= 0.3 is 11.9 Å². The number of nitrogens with two attached hydrogens (primary N) is 4. The van der Waals surface area contributed by atoms with Crippen molar-refractivity contribution in [2.75, 3.05) is 6.61 Å². The van der Waals surface area contributed by atoms with Crippen molar-refractivity contribution in [3.63, 3.8) is 0 Å². The Morgan fingerprint density at radius 2 is 0.768 bits per heavy atom. The number of carbonyl (C=O) groups is 20. The van der Waals surface area contributed by atoms with E-state index in [1.807, 2.05) is 0 Å². The number of aliphatic hydroxyl groups excluding tert-OH is 1. The molecule has 0 aromatic heterocycles. The maximum Gasteiger partial charge on any atom is 0.329 e. The molecule has 0 saturated carbocycles. The van der Waals surface area contributed by atoms with Crippen LogP contribution in [0, 0.1) is 47.3 Å². The third-order valence-corrected chi connectivity index (χ3v) is 20.6. The maximum absolute atomic E-state index is 15.1. The lowest BCUT2D eigenvalue weighted by atomic mass is 9.98. The molecule has 41 heteroatoms. The molecule has 1 aliphatic rings. The molecule has 1 rings (SSSR count). The highest BCUT2D eigenvalue weighted by Crippen LogP contribution is 2.20. The molecule has 16 atom stereocenters. The van der Waals surface area contributed by atoms with Gasteiger partial charge in [-0.1, -0.05) is 156 Å². The van der Waals surface area contributed by atoms with Crippen molar-refractivity contribution in [1.29, 1.82) is 0 Å². The van der Waals surface area contributed by atoms with Gasteiger partial charge in [0.2, 0.25) is 106 Å². The number of primary amides is 4. The number of hydrogen-bond donors (Lipinski definition) is 20. The van der Waals surface area contributed by atoms with Crippen LogP contribution in [0.25, 0.3) is 0 Å². The molecule has 16 unspecified atom stereocenters. The third kappa shape index (κ3) is 45.2. The summed E-state index contributed by atoms with van der Waals surface area (Å²) in [5, 5.41) is 56.1. The number of carboxylic acids is 1. The quantitative estimate of drug-likeness (QED) is 0.0255. The summed E-state index contributed by atoms with van der Waals surface area (Å²) in [6, 6.07) is -22.9. The molecule has 41 nitrogen and oxygen atoms in total. The largest absolute Gasteiger partial charge is 0.481 e. The van der Waals surface area contributed by atoms with Gasteiger partial charge in [-0.25, -0.2) is 4.79 Å². The molecule has 24 N–H and O–H groups in total. The van der Waals surface area contributed by atoms with Crippen molar-refractivity contribution in [2.45, 2.75) is 356 Å². The zero-order valence-electron chi connectivity index (χ0n) is 76.0. The summed E-state index contributed by atoms with van der Waals surface area (Å²) in [7, 11) is 0. The van der Waals surface area contributed by atoms with E-state index in [2.05, 4.69) is 81.4 Å². The molecule has 18 amide bonds. The molecule has 125 heavy (non-hydrogen) atoms.